The topological polar surface area (TPSA) is 182 Å². The van der Waals surface area contributed by atoms with Crippen molar-refractivity contribution in [3.05, 3.63) is 181 Å². The monoisotopic (exact) mass is 1030 g/mol. The highest BCUT2D eigenvalue weighted by Crippen LogP contribution is 2.40. The second-order valence-electron chi connectivity index (χ2n) is 16.2. The Labute approximate surface area is 423 Å². The highest BCUT2D eigenvalue weighted by atomic mass is 35.6. The van der Waals surface area contributed by atoms with E-state index in [0.29, 0.717) is 11.3 Å². The van der Waals surface area contributed by atoms with Gasteiger partial charge < -0.3 is 57.4 Å². The first-order valence-electron chi connectivity index (χ1n) is 22.3. The first kappa shape index (κ1) is 51.3. The van der Waals surface area contributed by atoms with Gasteiger partial charge in [-0.25, -0.2) is 14.4 Å². The van der Waals surface area contributed by atoms with Gasteiger partial charge in [0.1, 0.15) is 54.7 Å². The van der Waals surface area contributed by atoms with Gasteiger partial charge in [0, 0.05) is 5.56 Å². The van der Waals surface area contributed by atoms with Crippen LogP contribution in [0.25, 0.3) is 0 Å². The molecule has 19 heteroatoms. The molecule has 5 aromatic rings. The van der Waals surface area contributed by atoms with Gasteiger partial charge in [-0.2, -0.15) is 0 Å². The van der Waals surface area contributed by atoms with Crippen LogP contribution < -0.4 is 14.8 Å². The van der Waals surface area contributed by atoms with Crippen LogP contribution in [0, 0.1) is 0 Å². The smallest absolute Gasteiger partial charge is 0.338 e. The normalized spacial score (nSPS) is 26.1. The number of rotatable bonds is 17. The van der Waals surface area contributed by atoms with E-state index in [4.69, 9.17) is 86.9 Å². The lowest BCUT2D eigenvalue weighted by molar-refractivity contribution is -0.381. The number of carbonyl (C=O) groups excluding carboxylic acids is 4. The van der Waals surface area contributed by atoms with E-state index < -0.39 is 102 Å². The minimum absolute atomic E-state index is 0.0440. The Hall–Kier alpha value is -6.05. The van der Waals surface area contributed by atoms with Crippen molar-refractivity contribution in [2.24, 2.45) is 0 Å². The van der Waals surface area contributed by atoms with Gasteiger partial charge in [-0.3, -0.25) is 4.79 Å². The summed E-state index contributed by atoms with van der Waals surface area (Å²) in [7, 11) is 1.49. The summed E-state index contributed by atoms with van der Waals surface area (Å²) in [5.74, 6) is -2.91. The van der Waals surface area contributed by atoms with Crippen molar-refractivity contribution in [1.29, 1.82) is 0 Å². The minimum Gasteiger partial charge on any atom is -0.497 e. The Morgan fingerprint density at radius 3 is 1.77 bits per heavy atom. The molecule has 3 aliphatic rings. The third-order valence-corrected chi connectivity index (χ3v) is 12.0. The molecule has 372 valence electrons. The SMILES string of the molecule is C=CCO[C@H]1[C@H]2OC(c3ccccc3)OC[C@H]2O[C@H](O[C@H]2[C@H](OC(=O)c3ccccc3)[C@@H](NC(=O)C(Cl)(Cl)Cl)[C@H](Oc3ccc(OC)cc3)O[C@@H]2COC(=O)c2ccccc2)[C@@H]1OC(=O)c1ccccc1. The molecule has 0 bridgehead atoms. The molecule has 3 fully saturated rings. The molecule has 11 atom stereocenters. The van der Waals surface area contributed by atoms with Crippen molar-refractivity contribution in [3.63, 3.8) is 0 Å². The molecule has 0 aromatic heterocycles. The van der Waals surface area contributed by atoms with Gasteiger partial charge in [-0.15, -0.1) is 6.58 Å². The number of alkyl halides is 3. The van der Waals surface area contributed by atoms with Crippen molar-refractivity contribution in [1.82, 2.24) is 5.32 Å². The summed E-state index contributed by atoms with van der Waals surface area (Å²) in [6.07, 6.45) is -11.9. The molecule has 0 radical (unpaired) electrons. The summed E-state index contributed by atoms with van der Waals surface area (Å²) in [5.41, 5.74) is 1.18. The zero-order valence-electron chi connectivity index (χ0n) is 37.9. The maximum absolute atomic E-state index is 14.3. The van der Waals surface area contributed by atoms with Crippen LogP contribution in [-0.2, 0) is 47.4 Å². The Kier molecular flexibility index (Phi) is 17.3. The van der Waals surface area contributed by atoms with E-state index in [2.05, 4.69) is 11.9 Å². The highest BCUT2D eigenvalue weighted by molar-refractivity contribution is 6.76. The lowest BCUT2D eigenvalue weighted by atomic mass is 9.94. The molecule has 3 heterocycles. The molecule has 1 amide bonds. The highest BCUT2D eigenvalue weighted by Gasteiger charge is 2.58. The van der Waals surface area contributed by atoms with E-state index >= 15 is 0 Å². The van der Waals surface area contributed by atoms with Gasteiger partial charge in [-0.1, -0.05) is 126 Å². The van der Waals surface area contributed by atoms with Crippen molar-refractivity contribution < 1.29 is 71.3 Å². The molecule has 8 rings (SSSR count). The fourth-order valence-corrected chi connectivity index (χ4v) is 8.21. The van der Waals surface area contributed by atoms with Crippen LogP contribution in [0.4, 0.5) is 0 Å². The average molecular weight is 1030 g/mol. The first-order chi connectivity index (χ1) is 34.4. The maximum Gasteiger partial charge on any atom is 0.338 e. The van der Waals surface area contributed by atoms with E-state index in [-0.39, 0.29) is 35.7 Å². The molecule has 71 heavy (non-hydrogen) atoms. The Morgan fingerprint density at radius 2 is 1.21 bits per heavy atom. The average Bonchev–Trinajstić information content (AvgIpc) is 3.40. The molecular weight excluding hydrogens is 985 g/mol. The van der Waals surface area contributed by atoms with Gasteiger partial charge >= 0.3 is 17.9 Å². The zero-order chi connectivity index (χ0) is 49.9. The number of carbonyl (C=O) groups is 4. The summed E-state index contributed by atoms with van der Waals surface area (Å²) in [4.78, 5) is 55.9. The van der Waals surface area contributed by atoms with Crippen molar-refractivity contribution in [3.8, 4) is 11.5 Å². The summed E-state index contributed by atoms with van der Waals surface area (Å²) in [6.45, 7) is 3.14. The predicted molar refractivity (Wildman–Crippen MR) is 256 cm³/mol. The lowest BCUT2D eigenvalue weighted by Gasteiger charge is -2.51. The van der Waals surface area contributed by atoms with Crippen molar-refractivity contribution in [2.45, 2.75) is 71.4 Å². The third kappa shape index (κ3) is 12.9. The fourth-order valence-electron chi connectivity index (χ4n) is 8.05. The van der Waals surface area contributed by atoms with E-state index in [1.165, 1.54) is 25.3 Å². The molecule has 16 nitrogen and oxygen atoms in total. The molecular formula is C52H48Cl3NO15. The van der Waals surface area contributed by atoms with Crippen LogP contribution in [-0.4, -0.2) is 116 Å². The van der Waals surface area contributed by atoms with Gasteiger partial charge in [0.2, 0.25) is 6.29 Å². The zero-order valence-corrected chi connectivity index (χ0v) is 40.1. The Balaban J connectivity index is 1.24. The van der Waals surface area contributed by atoms with Gasteiger partial charge in [0.25, 0.3) is 9.70 Å². The van der Waals surface area contributed by atoms with E-state index in [1.54, 1.807) is 103 Å². The number of ether oxygens (including phenoxy) is 11. The summed E-state index contributed by atoms with van der Waals surface area (Å²) < 4.78 is 67.1. The molecule has 0 spiro atoms. The number of benzene rings is 5. The third-order valence-electron chi connectivity index (χ3n) is 11.5. The Morgan fingerprint density at radius 1 is 0.662 bits per heavy atom. The summed E-state index contributed by atoms with van der Waals surface area (Å²) in [5, 5.41) is 2.63. The number of hydrogen-bond acceptors (Lipinski definition) is 15. The summed E-state index contributed by atoms with van der Waals surface area (Å²) in [6, 6.07) is 38.3. The van der Waals surface area contributed by atoms with Crippen LogP contribution in [0.2, 0.25) is 0 Å². The van der Waals surface area contributed by atoms with Crippen LogP contribution in [0.1, 0.15) is 42.9 Å². The number of nitrogens with one attached hydrogen (secondary N) is 1. The molecule has 1 unspecified atom stereocenters. The van der Waals surface area contributed by atoms with Crippen molar-refractivity contribution >= 4 is 58.6 Å². The fraction of sp³-hybridized carbons (Fsp3) is 0.308. The summed E-state index contributed by atoms with van der Waals surface area (Å²) >= 11 is 18.5. The number of amides is 1. The van der Waals surface area contributed by atoms with Gasteiger partial charge in [0.05, 0.1) is 37.0 Å². The number of methoxy groups -OCH3 is 1. The molecule has 5 aromatic carbocycles. The second-order valence-corrected chi connectivity index (χ2v) is 18.5. The van der Waals surface area contributed by atoms with E-state index in [1.807, 2.05) is 30.3 Å². The number of halogens is 3. The molecule has 0 aliphatic carbocycles. The predicted octanol–water partition coefficient (Wildman–Crippen LogP) is 7.76. The molecule has 3 aliphatic heterocycles. The van der Waals surface area contributed by atoms with Crippen LogP contribution >= 0.6 is 34.8 Å². The quantitative estimate of drug-likeness (QED) is 0.0413. The molecule has 1 N–H and O–H groups in total. The standard InChI is InChI=1S/C52H48Cl3NO15/c1-3-28-62-43-41-38(30-64-48(70-41)34-22-14-7-15-23-34)67-50(44(43)69-47(59)33-20-12-6-13-21-33)71-40-37(29-63-45(57)31-16-8-4-9-17-31)66-49(65-36-26-24-35(61-2)25-27-36)39(56-51(60)52(53,54)55)42(40)68-46(58)32-18-10-5-11-19-32/h3-27,37-44,48-50H,1,28-30H2,2H3,(H,56,60)/t37-,38-,39-,40-,41+,42-,43+,44-,48?,49-,50-/m1/s1. The van der Waals surface area contributed by atoms with Crippen LogP contribution in [0.3, 0.4) is 0 Å². The molecule has 0 saturated carbocycles. The number of esters is 3. The van der Waals surface area contributed by atoms with Gasteiger partial charge in [-0.05, 0) is 60.7 Å². The minimum atomic E-state index is -2.57. The Bertz CT molecular complexity index is 2560. The first-order valence-corrected chi connectivity index (χ1v) is 23.5. The van der Waals surface area contributed by atoms with Crippen LogP contribution in [0.15, 0.2) is 158 Å². The van der Waals surface area contributed by atoms with E-state index in [9.17, 15) is 19.2 Å². The number of hydrogen-bond donors (Lipinski definition) is 1. The second kappa shape index (κ2) is 23.9. The van der Waals surface area contributed by atoms with Crippen LogP contribution in [0.5, 0.6) is 11.5 Å². The van der Waals surface area contributed by atoms with E-state index in [0.717, 1.165) is 0 Å². The van der Waals surface area contributed by atoms with Gasteiger partial charge in [0.15, 0.2) is 24.8 Å². The maximum atomic E-state index is 14.3. The van der Waals surface area contributed by atoms with Crippen molar-refractivity contribution in [2.75, 3.05) is 26.9 Å². The number of fused-ring (bicyclic) bond motifs is 1. The largest absolute Gasteiger partial charge is 0.497 e. The molecule has 3 saturated heterocycles. The lowest BCUT2D eigenvalue weighted by Crippen LogP contribution is -2.70.